The second-order valence-corrected chi connectivity index (χ2v) is 7.27. The van der Waals surface area contributed by atoms with Crippen LogP contribution in [-0.2, 0) is 6.54 Å². The summed E-state index contributed by atoms with van der Waals surface area (Å²) in [6.45, 7) is 2.23. The van der Waals surface area contributed by atoms with Crippen molar-refractivity contribution < 1.29 is 14.3 Å². The number of carbonyl (C=O) groups is 1. The van der Waals surface area contributed by atoms with Crippen LogP contribution in [0.1, 0.15) is 21.5 Å². The van der Waals surface area contributed by atoms with Crippen LogP contribution in [-0.4, -0.2) is 21.0 Å². The van der Waals surface area contributed by atoms with Crippen molar-refractivity contribution in [3.8, 4) is 11.4 Å². The number of fused-ring (bicyclic) bond motifs is 1. The Hall–Kier alpha value is -3.32. The molecule has 0 radical (unpaired) electrons. The van der Waals surface area contributed by atoms with E-state index >= 15 is 0 Å². The Morgan fingerprint density at radius 2 is 2.00 bits per heavy atom. The van der Waals surface area contributed by atoms with Crippen molar-refractivity contribution in [1.82, 2.24) is 9.97 Å². The van der Waals surface area contributed by atoms with Gasteiger partial charge in [-0.25, -0.2) is 19.2 Å². The van der Waals surface area contributed by atoms with Gasteiger partial charge in [-0.1, -0.05) is 12.1 Å². The molecular weight excluding hydrogens is 377 g/mol. The number of benzene rings is 2. The van der Waals surface area contributed by atoms with Crippen LogP contribution in [0.5, 0.6) is 0 Å². The van der Waals surface area contributed by atoms with E-state index < -0.39 is 5.97 Å². The molecule has 2 heterocycles. The second kappa shape index (κ2) is 7.36. The van der Waals surface area contributed by atoms with Gasteiger partial charge in [0.2, 0.25) is 0 Å². The summed E-state index contributed by atoms with van der Waals surface area (Å²) in [6.07, 6.45) is 1.70. The highest BCUT2D eigenvalue weighted by Gasteiger charge is 2.18. The highest BCUT2D eigenvalue weighted by molar-refractivity contribution is 7.16. The maximum absolute atomic E-state index is 13.1. The minimum absolute atomic E-state index is 0.184. The summed E-state index contributed by atoms with van der Waals surface area (Å²) in [6, 6.07) is 11.7. The zero-order valence-corrected chi connectivity index (χ0v) is 15.8. The van der Waals surface area contributed by atoms with Crippen LogP contribution in [0.15, 0.2) is 54.0 Å². The number of hydrogen-bond acceptors (Lipinski definition) is 5. The molecule has 4 aromatic rings. The average molecular weight is 393 g/mol. The monoisotopic (exact) mass is 393 g/mol. The molecule has 7 heteroatoms. The number of thiophene rings is 1. The lowest BCUT2D eigenvalue weighted by molar-refractivity contribution is 0.0697. The molecule has 2 N–H and O–H groups in total. The van der Waals surface area contributed by atoms with Gasteiger partial charge in [0, 0.05) is 29.4 Å². The zero-order chi connectivity index (χ0) is 19.7. The maximum Gasteiger partial charge on any atom is 0.336 e. The van der Waals surface area contributed by atoms with E-state index in [2.05, 4.69) is 15.3 Å². The van der Waals surface area contributed by atoms with Gasteiger partial charge in [0.25, 0.3) is 0 Å². The molecule has 0 bridgehead atoms. The van der Waals surface area contributed by atoms with Crippen LogP contribution >= 0.6 is 11.3 Å². The third-order valence-corrected chi connectivity index (χ3v) is 5.23. The lowest BCUT2D eigenvalue weighted by atomic mass is 10.00. The third kappa shape index (κ3) is 3.57. The number of anilines is 1. The minimum Gasteiger partial charge on any atom is -0.478 e. The van der Waals surface area contributed by atoms with Crippen LogP contribution in [0.25, 0.3) is 21.6 Å². The molecule has 0 spiro atoms. The number of carboxylic acids is 1. The number of carboxylic acid groups (broad SMARTS) is 1. The van der Waals surface area contributed by atoms with Gasteiger partial charge >= 0.3 is 5.97 Å². The Morgan fingerprint density at radius 1 is 1.21 bits per heavy atom. The van der Waals surface area contributed by atoms with Crippen LogP contribution < -0.4 is 5.32 Å². The fourth-order valence-corrected chi connectivity index (χ4v) is 3.78. The van der Waals surface area contributed by atoms with Gasteiger partial charge in [0.05, 0.1) is 5.56 Å². The number of nitrogens with one attached hydrogen (secondary N) is 1. The lowest BCUT2D eigenvalue weighted by Crippen LogP contribution is -2.07. The van der Waals surface area contributed by atoms with Gasteiger partial charge in [0.15, 0.2) is 5.82 Å². The summed E-state index contributed by atoms with van der Waals surface area (Å²) in [7, 11) is 0. The van der Waals surface area contributed by atoms with E-state index in [1.165, 1.54) is 23.5 Å². The van der Waals surface area contributed by atoms with Gasteiger partial charge in [-0.3, -0.25) is 0 Å². The number of halogens is 1. The number of aromatic carboxylic acids is 1. The summed E-state index contributed by atoms with van der Waals surface area (Å²) in [4.78, 5) is 21.6. The van der Waals surface area contributed by atoms with Crippen molar-refractivity contribution in [3.05, 3.63) is 76.5 Å². The third-order valence-electron chi connectivity index (χ3n) is 4.41. The zero-order valence-electron chi connectivity index (χ0n) is 14.9. The molecule has 0 aliphatic carbocycles. The molecule has 140 valence electrons. The topological polar surface area (TPSA) is 75.1 Å². The van der Waals surface area contributed by atoms with Crippen LogP contribution in [0.3, 0.4) is 0 Å². The highest BCUT2D eigenvalue weighted by Crippen LogP contribution is 2.30. The molecule has 0 unspecified atom stereocenters. The molecule has 0 aliphatic heterocycles. The lowest BCUT2D eigenvalue weighted by Gasteiger charge is -2.13. The van der Waals surface area contributed by atoms with E-state index in [0.717, 1.165) is 21.5 Å². The van der Waals surface area contributed by atoms with Crippen molar-refractivity contribution in [1.29, 1.82) is 0 Å². The molecular formula is C21H16FN3O2S. The fourth-order valence-electron chi connectivity index (χ4n) is 3.04. The number of hydrogen-bond donors (Lipinski definition) is 2. The van der Waals surface area contributed by atoms with E-state index in [9.17, 15) is 14.3 Å². The highest BCUT2D eigenvalue weighted by atomic mass is 32.1. The second-order valence-electron chi connectivity index (χ2n) is 6.38. The van der Waals surface area contributed by atoms with Gasteiger partial charge in [-0.2, -0.15) is 0 Å². The Kier molecular flexibility index (Phi) is 4.75. The molecule has 0 aliphatic rings. The van der Waals surface area contributed by atoms with E-state index in [4.69, 9.17) is 0 Å². The molecule has 0 saturated carbocycles. The normalized spacial score (nSPS) is 10.9. The maximum atomic E-state index is 13.1. The molecule has 28 heavy (non-hydrogen) atoms. The van der Waals surface area contributed by atoms with Gasteiger partial charge in [-0.15, -0.1) is 11.3 Å². The summed E-state index contributed by atoms with van der Waals surface area (Å²) in [5, 5.41) is 15.8. The molecule has 5 nitrogen and oxygen atoms in total. The van der Waals surface area contributed by atoms with Crippen molar-refractivity contribution in [2.45, 2.75) is 13.5 Å². The number of nitrogens with zero attached hydrogens (tertiary/aromatic N) is 2. The van der Waals surface area contributed by atoms with E-state index in [-0.39, 0.29) is 11.4 Å². The Bertz CT molecular complexity index is 1170. The van der Waals surface area contributed by atoms with Crippen molar-refractivity contribution in [2.75, 3.05) is 5.32 Å². The quantitative estimate of drug-likeness (QED) is 0.492. The Morgan fingerprint density at radius 3 is 2.75 bits per heavy atom. The van der Waals surface area contributed by atoms with E-state index in [1.54, 1.807) is 37.4 Å². The van der Waals surface area contributed by atoms with Gasteiger partial charge in [0.1, 0.15) is 10.6 Å². The van der Waals surface area contributed by atoms with Crippen molar-refractivity contribution in [3.63, 3.8) is 0 Å². The first-order chi connectivity index (χ1) is 13.5. The standard InChI is InChI=1S/C21H16FN3O2S/c1-12-8-16(23-10-13-2-4-15(22)5-3-13)9-17(18(12)21(26)27)19-24-11-14-6-7-28-20(14)25-19/h2-9,11,23H,10H2,1H3,(H,26,27). The average Bonchev–Trinajstić information content (AvgIpc) is 3.14. The number of aromatic nitrogens is 2. The van der Waals surface area contributed by atoms with Crippen molar-refractivity contribution in [2.24, 2.45) is 0 Å². The molecule has 0 atom stereocenters. The Labute approximate surface area is 164 Å². The fraction of sp³-hybridized carbons (Fsp3) is 0.0952. The SMILES string of the molecule is Cc1cc(NCc2ccc(F)cc2)cc(-c2ncc3ccsc3n2)c1C(=O)O. The van der Waals surface area contributed by atoms with Crippen LogP contribution in [0, 0.1) is 12.7 Å². The smallest absolute Gasteiger partial charge is 0.336 e. The van der Waals surface area contributed by atoms with E-state index in [1.807, 2.05) is 11.4 Å². The summed E-state index contributed by atoms with van der Waals surface area (Å²) in [5.41, 5.74) is 2.92. The predicted molar refractivity (Wildman–Crippen MR) is 108 cm³/mol. The summed E-state index contributed by atoms with van der Waals surface area (Å²) >= 11 is 1.48. The largest absolute Gasteiger partial charge is 0.478 e. The van der Waals surface area contributed by atoms with Gasteiger partial charge < -0.3 is 10.4 Å². The first kappa shape index (κ1) is 18.1. The molecule has 0 amide bonds. The Balaban J connectivity index is 1.72. The molecule has 0 saturated heterocycles. The molecule has 2 aromatic heterocycles. The molecule has 0 fully saturated rings. The van der Waals surface area contributed by atoms with Gasteiger partial charge in [-0.05, 0) is 53.8 Å². The first-order valence-electron chi connectivity index (χ1n) is 8.58. The first-order valence-corrected chi connectivity index (χ1v) is 9.46. The van der Waals surface area contributed by atoms with E-state index in [0.29, 0.717) is 23.5 Å². The number of aryl methyl sites for hydroxylation is 1. The van der Waals surface area contributed by atoms with Crippen molar-refractivity contribution >= 4 is 33.2 Å². The summed E-state index contributed by atoms with van der Waals surface area (Å²) in [5.74, 6) is -0.929. The summed E-state index contributed by atoms with van der Waals surface area (Å²) < 4.78 is 13.1. The van der Waals surface area contributed by atoms with Crippen LogP contribution in [0.2, 0.25) is 0 Å². The molecule has 2 aromatic carbocycles. The minimum atomic E-state index is -1.02. The molecule has 4 rings (SSSR count). The van der Waals surface area contributed by atoms with Crippen LogP contribution in [0.4, 0.5) is 10.1 Å². The predicted octanol–water partition coefficient (Wildman–Crippen LogP) is 5.12. The number of rotatable bonds is 5.